The molecule has 0 aromatic carbocycles. The summed E-state index contributed by atoms with van der Waals surface area (Å²) in [5.41, 5.74) is 4.01. The molecular formula is C11H19N3OS. The molecule has 1 aliphatic heterocycles. The van der Waals surface area contributed by atoms with Gasteiger partial charge in [0, 0.05) is 30.1 Å². The fourth-order valence-electron chi connectivity index (χ4n) is 2.13. The quantitative estimate of drug-likeness (QED) is 0.615. The Bertz CT molecular complexity index is 323. The lowest BCUT2D eigenvalue weighted by atomic mass is 9.92. The summed E-state index contributed by atoms with van der Waals surface area (Å²) in [5, 5.41) is 3.24. The third-order valence-corrected chi connectivity index (χ3v) is 4.03. The SMILES string of the molecule is Cc1csc(CC(NN)C2CCCOC2)n1. The minimum Gasteiger partial charge on any atom is -0.381 e. The van der Waals surface area contributed by atoms with E-state index in [0.717, 1.165) is 36.8 Å². The summed E-state index contributed by atoms with van der Waals surface area (Å²) >= 11 is 1.71. The molecule has 0 spiro atoms. The van der Waals surface area contributed by atoms with Crippen LogP contribution in [0.15, 0.2) is 5.38 Å². The number of ether oxygens (including phenoxy) is 1. The zero-order chi connectivity index (χ0) is 11.4. The van der Waals surface area contributed by atoms with Crippen molar-refractivity contribution in [1.82, 2.24) is 10.4 Å². The minimum absolute atomic E-state index is 0.283. The predicted octanol–water partition coefficient (Wildman–Crippen LogP) is 1.25. The van der Waals surface area contributed by atoms with Crippen LogP contribution in [0, 0.1) is 12.8 Å². The number of hydrazine groups is 1. The molecule has 0 bridgehead atoms. The first-order valence-electron chi connectivity index (χ1n) is 5.74. The van der Waals surface area contributed by atoms with Crippen LogP contribution in [0.5, 0.6) is 0 Å². The summed E-state index contributed by atoms with van der Waals surface area (Å²) in [6, 6.07) is 0.283. The van der Waals surface area contributed by atoms with Gasteiger partial charge in [0.25, 0.3) is 0 Å². The molecule has 2 rings (SSSR count). The predicted molar refractivity (Wildman–Crippen MR) is 65.2 cm³/mol. The Balaban J connectivity index is 1.94. The van der Waals surface area contributed by atoms with Crippen molar-refractivity contribution < 1.29 is 4.74 Å². The third kappa shape index (κ3) is 3.01. The van der Waals surface area contributed by atoms with Crippen LogP contribution in [-0.4, -0.2) is 24.2 Å². The number of hydrogen-bond donors (Lipinski definition) is 2. The van der Waals surface area contributed by atoms with Crippen molar-refractivity contribution in [1.29, 1.82) is 0 Å². The monoisotopic (exact) mass is 241 g/mol. The molecule has 0 saturated carbocycles. The number of aromatic nitrogens is 1. The van der Waals surface area contributed by atoms with Crippen LogP contribution < -0.4 is 11.3 Å². The van der Waals surface area contributed by atoms with E-state index >= 15 is 0 Å². The lowest BCUT2D eigenvalue weighted by molar-refractivity contribution is 0.0393. The third-order valence-electron chi connectivity index (χ3n) is 3.04. The van der Waals surface area contributed by atoms with Gasteiger partial charge in [-0.1, -0.05) is 0 Å². The second-order valence-corrected chi connectivity index (χ2v) is 5.28. The van der Waals surface area contributed by atoms with Gasteiger partial charge in [-0.15, -0.1) is 11.3 Å². The molecule has 1 aromatic heterocycles. The molecule has 0 amide bonds. The molecule has 0 aliphatic carbocycles. The normalized spacial score (nSPS) is 23.2. The van der Waals surface area contributed by atoms with Gasteiger partial charge in [0.15, 0.2) is 0 Å². The lowest BCUT2D eigenvalue weighted by Gasteiger charge is -2.29. The second-order valence-electron chi connectivity index (χ2n) is 4.34. The molecule has 5 heteroatoms. The number of hydrogen-bond acceptors (Lipinski definition) is 5. The van der Waals surface area contributed by atoms with Crippen molar-refractivity contribution >= 4 is 11.3 Å². The summed E-state index contributed by atoms with van der Waals surface area (Å²) in [6.45, 7) is 3.73. The van der Waals surface area contributed by atoms with Crippen molar-refractivity contribution in [2.75, 3.05) is 13.2 Å². The molecule has 1 fully saturated rings. The highest BCUT2D eigenvalue weighted by molar-refractivity contribution is 7.09. The number of rotatable bonds is 4. The van der Waals surface area contributed by atoms with Crippen molar-refractivity contribution in [2.24, 2.45) is 11.8 Å². The van der Waals surface area contributed by atoms with Crippen LogP contribution in [0.4, 0.5) is 0 Å². The topological polar surface area (TPSA) is 60.2 Å². The first-order chi connectivity index (χ1) is 7.79. The maximum Gasteiger partial charge on any atom is 0.0944 e. The molecule has 2 atom stereocenters. The van der Waals surface area contributed by atoms with E-state index in [-0.39, 0.29) is 6.04 Å². The van der Waals surface area contributed by atoms with Gasteiger partial charge in [-0.2, -0.15) is 0 Å². The maximum atomic E-state index is 5.63. The minimum atomic E-state index is 0.283. The van der Waals surface area contributed by atoms with Crippen molar-refractivity contribution in [3.63, 3.8) is 0 Å². The summed E-state index contributed by atoms with van der Waals surface area (Å²) < 4.78 is 5.50. The average Bonchev–Trinajstić information content (AvgIpc) is 2.73. The van der Waals surface area contributed by atoms with Crippen LogP contribution in [0.3, 0.4) is 0 Å². The Kier molecular flexibility index (Phi) is 4.29. The van der Waals surface area contributed by atoms with Gasteiger partial charge < -0.3 is 4.74 Å². The van der Waals surface area contributed by atoms with Crippen LogP contribution >= 0.6 is 11.3 Å². The Labute approximate surface area is 100 Å². The molecule has 1 saturated heterocycles. The van der Waals surface area contributed by atoms with Crippen LogP contribution in [-0.2, 0) is 11.2 Å². The first-order valence-corrected chi connectivity index (χ1v) is 6.62. The summed E-state index contributed by atoms with van der Waals surface area (Å²) in [4.78, 5) is 4.48. The van der Waals surface area contributed by atoms with Gasteiger partial charge in [0.1, 0.15) is 0 Å². The smallest absolute Gasteiger partial charge is 0.0944 e. The van der Waals surface area contributed by atoms with Crippen LogP contribution in [0.25, 0.3) is 0 Å². The van der Waals surface area contributed by atoms with E-state index in [9.17, 15) is 0 Å². The van der Waals surface area contributed by atoms with Gasteiger partial charge in [0.05, 0.1) is 11.6 Å². The second kappa shape index (κ2) is 5.72. The highest BCUT2D eigenvalue weighted by atomic mass is 32.1. The zero-order valence-electron chi connectivity index (χ0n) is 9.61. The molecule has 2 unspecified atom stereocenters. The van der Waals surface area contributed by atoms with E-state index in [1.807, 2.05) is 6.92 Å². The van der Waals surface area contributed by atoms with E-state index in [4.69, 9.17) is 10.6 Å². The Hall–Kier alpha value is -0.490. The van der Waals surface area contributed by atoms with Gasteiger partial charge in [-0.3, -0.25) is 11.3 Å². The zero-order valence-corrected chi connectivity index (χ0v) is 10.4. The molecule has 4 nitrogen and oxygen atoms in total. The van der Waals surface area contributed by atoms with Gasteiger partial charge in [-0.05, 0) is 25.7 Å². The highest BCUT2D eigenvalue weighted by Crippen LogP contribution is 2.21. The lowest BCUT2D eigenvalue weighted by Crippen LogP contribution is -2.45. The number of thiazole rings is 1. The summed E-state index contributed by atoms with van der Waals surface area (Å²) in [5.74, 6) is 6.15. The van der Waals surface area contributed by atoms with E-state index < -0.39 is 0 Å². The fraction of sp³-hybridized carbons (Fsp3) is 0.727. The highest BCUT2D eigenvalue weighted by Gasteiger charge is 2.24. The Morgan fingerprint density at radius 1 is 1.75 bits per heavy atom. The molecule has 16 heavy (non-hydrogen) atoms. The van der Waals surface area contributed by atoms with Crippen molar-refractivity contribution in [3.05, 3.63) is 16.1 Å². The average molecular weight is 241 g/mol. The van der Waals surface area contributed by atoms with Crippen molar-refractivity contribution in [2.45, 2.75) is 32.2 Å². The molecular weight excluding hydrogens is 222 g/mol. The number of nitrogens with zero attached hydrogens (tertiary/aromatic N) is 1. The molecule has 0 radical (unpaired) electrons. The number of nitrogens with two attached hydrogens (primary N) is 1. The molecule has 2 heterocycles. The fourth-order valence-corrected chi connectivity index (χ4v) is 2.96. The summed E-state index contributed by atoms with van der Waals surface area (Å²) in [7, 11) is 0. The summed E-state index contributed by atoms with van der Waals surface area (Å²) in [6.07, 6.45) is 3.24. The van der Waals surface area contributed by atoms with Gasteiger partial charge in [-0.25, -0.2) is 4.98 Å². The van der Waals surface area contributed by atoms with Crippen LogP contribution in [0.2, 0.25) is 0 Å². The molecule has 1 aliphatic rings. The molecule has 3 N–H and O–H groups in total. The van der Waals surface area contributed by atoms with E-state index in [0.29, 0.717) is 5.92 Å². The van der Waals surface area contributed by atoms with E-state index in [2.05, 4.69) is 15.8 Å². The number of nitrogens with one attached hydrogen (secondary N) is 1. The Morgan fingerprint density at radius 2 is 2.62 bits per heavy atom. The van der Waals surface area contributed by atoms with Gasteiger partial charge >= 0.3 is 0 Å². The maximum absolute atomic E-state index is 5.63. The number of aryl methyl sites for hydroxylation is 1. The van der Waals surface area contributed by atoms with E-state index in [1.165, 1.54) is 6.42 Å². The Morgan fingerprint density at radius 3 is 3.19 bits per heavy atom. The first kappa shape index (κ1) is 12.0. The van der Waals surface area contributed by atoms with Gasteiger partial charge in [0.2, 0.25) is 0 Å². The molecule has 90 valence electrons. The van der Waals surface area contributed by atoms with E-state index in [1.54, 1.807) is 11.3 Å². The standard InChI is InChI=1S/C11H19N3OS/c1-8-7-16-11(13-8)5-10(14-12)9-3-2-4-15-6-9/h7,9-10,14H,2-6,12H2,1H3. The molecule has 1 aromatic rings. The van der Waals surface area contributed by atoms with Crippen molar-refractivity contribution in [3.8, 4) is 0 Å². The largest absolute Gasteiger partial charge is 0.381 e. The van der Waals surface area contributed by atoms with Crippen LogP contribution in [0.1, 0.15) is 23.5 Å².